The molecule has 0 amide bonds. The Bertz CT molecular complexity index is 548. The first-order valence-corrected chi connectivity index (χ1v) is 12.3. The summed E-state index contributed by atoms with van der Waals surface area (Å²) >= 11 is 0. The van der Waals surface area contributed by atoms with E-state index in [9.17, 15) is 4.39 Å². The fraction of sp³-hybridized carbons (Fsp3) is 0.700. The van der Waals surface area contributed by atoms with E-state index in [0.29, 0.717) is 6.61 Å². The van der Waals surface area contributed by atoms with E-state index in [1.165, 1.54) is 12.5 Å². The fourth-order valence-corrected chi connectivity index (χ4v) is 3.65. The zero-order valence-electron chi connectivity index (χ0n) is 16.4. The molecule has 0 radical (unpaired) electrons. The van der Waals surface area contributed by atoms with Gasteiger partial charge in [-0.25, -0.2) is 4.39 Å². The zero-order valence-corrected chi connectivity index (χ0v) is 17.4. The molecule has 0 saturated carbocycles. The van der Waals surface area contributed by atoms with Crippen molar-refractivity contribution in [2.24, 2.45) is 0 Å². The quantitative estimate of drug-likeness (QED) is 0.457. The Morgan fingerprint density at radius 3 is 2.64 bits per heavy atom. The van der Waals surface area contributed by atoms with Crippen molar-refractivity contribution in [1.29, 1.82) is 0 Å². The number of ether oxygens (including phenoxy) is 2. The van der Waals surface area contributed by atoms with Gasteiger partial charge in [-0.1, -0.05) is 20.8 Å². The number of benzene rings is 1. The van der Waals surface area contributed by atoms with Gasteiger partial charge in [0.05, 0.1) is 6.61 Å². The Kier molecular flexibility index (Phi) is 7.06. The summed E-state index contributed by atoms with van der Waals surface area (Å²) in [6, 6.07) is 4.86. The van der Waals surface area contributed by atoms with Gasteiger partial charge in [0.15, 0.2) is 6.29 Å². The first kappa shape index (κ1) is 20.4. The number of rotatable bonds is 7. The Morgan fingerprint density at radius 2 is 2.00 bits per heavy atom. The van der Waals surface area contributed by atoms with E-state index in [2.05, 4.69) is 33.9 Å². The molecular weight excluding hydrogens is 335 g/mol. The molecule has 1 aliphatic heterocycles. The highest BCUT2D eigenvalue weighted by atomic mass is 28.4. The SMILES string of the molecule is CC(C)(C)[Si](C)(C)Oc1ccc(F)cc1CCCOC1CCCCO1. The molecule has 3 nitrogen and oxygen atoms in total. The molecule has 1 aromatic carbocycles. The molecule has 0 aliphatic carbocycles. The Balaban J connectivity index is 1.93. The maximum Gasteiger partial charge on any atom is 0.250 e. The molecular formula is C20H33FO3Si. The lowest BCUT2D eigenvalue weighted by molar-refractivity contribution is -0.162. The van der Waals surface area contributed by atoms with Crippen LogP contribution in [0.1, 0.15) is 52.0 Å². The molecule has 1 atom stereocenters. The summed E-state index contributed by atoms with van der Waals surface area (Å²) in [5, 5.41) is 0.111. The number of aryl methyl sites for hydroxylation is 1. The first-order chi connectivity index (χ1) is 11.7. The van der Waals surface area contributed by atoms with Crippen molar-refractivity contribution in [2.45, 2.75) is 77.3 Å². The van der Waals surface area contributed by atoms with Crippen LogP contribution in [-0.4, -0.2) is 27.8 Å². The van der Waals surface area contributed by atoms with Gasteiger partial charge in [0.25, 0.3) is 0 Å². The van der Waals surface area contributed by atoms with Gasteiger partial charge in [0.1, 0.15) is 11.6 Å². The van der Waals surface area contributed by atoms with Gasteiger partial charge in [-0.05, 0) is 74.0 Å². The van der Waals surface area contributed by atoms with Crippen LogP contribution in [-0.2, 0) is 15.9 Å². The van der Waals surface area contributed by atoms with Crippen LogP contribution in [0.4, 0.5) is 4.39 Å². The summed E-state index contributed by atoms with van der Waals surface area (Å²) < 4.78 is 31.5. The van der Waals surface area contributed by atoms with Gasteiger partial charge < -0.3 is 13.9 Å². The van der Waals surface area contributed by atoms with Crippen LogP contribution < -0.4 is 4.43 Å². The number of halogens is 1. The Hall–Kier alpha value is -0.913. The molecule has 0 spiro atoms. The van der Waals surface area contributed by atoms with Gasteiger partial charge in [0, 0.05) is 6.61 Å². The average Bonchev–Trinajstić information content (AvgIpc) is 2.53. The standard InChI is InChI=1S/C20H33FO3Si/c1-20(2,3)25(4,5)24-18-12-11-17(21)15-16(18)9-8-14-23-19-10-6-7-13-22-19/h11-12,15,19H,6-10,13-14H2,1-5H3. The summed E-state index contributed by atoms with van der Waals surface area (Å²) in [5.74, 6) is 0.607. The highest BCUT2D eigenvalue weighted by molar-refractivity contribution is 6.74. The minimum Gasteiger partial charge on any atom is -0.543 e. The summed E-state index contributed by atoms with van der Waals surface area (Å²) in [7, 11) is -1.94. The van der Waals surface area contributed by atoms with Crippen molar-refractivity contribution in [2.75, 3.05) is 13.2 Å². The number of hydrogen-bond donors (Lipinski definition) is 0. The topological polar surface area (TPSA) is 27.7 Å². The molecule has 1 aliphatic rings. The maximum absolute atomic E-state index is 13.7. The van der Waals surface area contributed by atoms with Crippen LogP contribution in [0.15, 0.2) is 18.2 Å². The smallest absolute Gasteiger partial charge is 0.250 e. The highest BCUT2D eigenvalue weighted by Crippen LogP contribution is 2.38. The van der Waals surface area contributed by atoms with E-state index in [1.807, 2.05) is 0 Å². The summed E-state index contributed by atoms with van der Waals surface area (Å²) in [6.45, 7) is 12.5. The minimum atomic E-state index is -1.94. The Morgan fingerprint density at radius 1 is 1.24 bits per heavy atom. The van der Waals surface area contributed by atoms with Crippen molar-refractivity contribution in [3.05, 3.63) is 29.6 Å². The molecule has 1 fully saturated rings. The van der Waals surface area contributed by atoms with Gasteiger partial charge >= 0.3 is 0 Å². The molecule has 0 aromatic heterocycles. The number of hydrogen-bond acceptors (Lipinski definition) is 3. The van der Waals surface area contributed by atoms with E-state index in [0.717, 1.165) is 43.6 Å². The van der Waals surface area contributed by atoms with Gasteiger partial charge in [-0.3, -0.25) is 0 Å². The molecule has 2 rings (SSSR count). The van der Waals surface area contributed by atoms with Crippen LogP contribution >= 0.6 is 0 Å². The summed E-state index contributed by atoms with van der Waals surface area (Å²) in [6.07, 6.45) is 4.77. The second-order valence-electron chi connectivity index (χ2n) is 8.38. The first-order valence-electron chi connectivity index (χ1n) is 9.40. The molecule has 0 N–H and O–H groups in total. The molecule has 1 saturated heterocycles. The van der Waals surface area contributed by atoms with Crippen molar-refractivity contribution in [3.63, 3.8) is 0 Å². The predicted octanol–water partition coefficient (Wildman–Crippen LogP) is 5.69. The third-order valence-corrected chi connectivity index (χ3v) is 9.57. The fourth-order valence-electron chi connectivity index (χ4n) is 2.59. The minimum absolute atomic E-state index is 0.0655. The molecule has 142 valence electrons. The predicted molar refractivity (Wildman–Crippen MR) is 102 cm³/mol. The van der Waals surface area contributed by atoms with Crippen LogP contribution in [0.3, 0.4) is 0 Å². The van der Waals surface area contributed by atoms with E-state index >= 15 is 0 Å². The molecule has 1 aromatic rings. The van der Waals surface area contributed by atoms with Crippen LogP contribution in [0.2, 0.25) is 18.1 Å². The largest absolute Gasteiger partial charge is 0.543 e. The van der Waals surface area contributed by atoms with Crippen molar-refractivity contribution in [3.8, 4) is 5.75 Å². The molecule has 5 heteroatoms. The monoisotopic (exact) mass is 368 g/mol. The normalized spacial score (nSPS) is 19.0. The van der Waals surface area contributed by atoms with Gasteiger partial charge in [-0.2, -0.15) is 0 Å². The van der Waals surface area contributed by atoms with E-state index in [-0.39, 0.29) is 17.1 Å². The van der Waals surface area contributed by atoms with Crippen molar-refractivity contribution in [1.82, 2.24) is 0 Å². The summed E-state index contributed by atoms with van der Waals surface area (Å²) in [4.78, 5) is 0. The van der Waals surface area contributed by atoms with Crippen molar-refractivity contribution >= 4 is 8.32 Å². The second-order valence-corrected chi connectivity index (χ2v) is 13.1. The lowest BCUT2D eigenvalue weighted by atomic mass is 10.1. The average molecular weight is 369 g/mol. The lowest BCUT2D eigenvalue weighted by Crippen LogP contribution is -2.44. The van der Waals surface area contributed by atoms with Crippen LogP contribution in [0, 0.1) is 5.82 Å². The van der Waals surface area contributed by atoms with E-state index in [4.69, 9.17) is 13.9 Å². The van der Waals surface area contributed by atoms with E-state index in [1.54, 1.807) is 12.1 Å². The summed E-state index contributed by atoms with van der Waals surface area (Å²) in [5.41, 5.74) is 0.929. The molecule has 1 unspecified atom stereocenters. The molecule has 1 heterocycles. The zero-order chi connectivity index (χ0) is 18.5. The highest BCUT2D eigenvalue weighted by Gasteiger charge is 2.39. The van der Waals surface area contributed by atoms with Crippen LogP contribution in [0.25, 0.3) is 0 Å². The second kappa shape index (κ2) is 8.65. The maximum atomic E-state index is 13.7. The molecule has 0 bridgehead atoms. The van der Waals surface area contributed by atoms with Crippen LogP contribution in [0.5, 0.6) is 5.75 Å². The van der Waals surface area contributed by atoms with E-state index < -0.39 is 8.32 Å². The Labute approximate surface area is 153 Å². The van der Waals surface area contributed by atoms with Gasteiger partial charge in [0.2, 0.25) is 8.32 Å². The third kappa shape index (κ3) is 6.08. The third-order valence-electron chi connectivity index (χ3n) is 5.23. The van der Waals surface area contributed by atoms with Gasteiger partial charge in [-0.15, -0.1) is 0 Å². The van der Waals surface area contributed by atoms with Crippen molar-refractivity contribution < 1.29 is 18.3 Å². The lowest BCUT2D eigenvalue weighted by Gasteiger charge is -2.37. The molecule has 25 heavy (non-hydrogen) atoms.